The third-order valence-electron chi connectivity index (χ3n) is 6.19. The maximum Gasteiger partial charge on any atom is 0.209 e. The summed E-state index contributed by atoms with van der Waals surface area (Å²) in [5.41, 5.74) is 1.42. The number of benzene rings is 1. The first-order valence-electron chi connectivity index (χ1n) is 10.7. The number of nitrogens with one attached hydrogen (secondary N) is 1. The summed E-state index contributed by atoms with van der Waals surface area (Å²) in [4.78, 5) is 6.53. The Morgan fingerprint density at radius 2 is 1.93 bits per heavy atom. The van der Waals surface area contributed by atoms with Crippen molar-refractivity contribution in [3.05, 3.63) is 42.2 Å². The van der Waals surface area contributed by atoms with Gasteiger partial charge in [0.05, 0.1) is 25.0 Å². The van der Waals surface area contributed by atoms with Crippen LogP contribution in [0.2, 0.25) is 0 Å². The summed E-state index contributed by atoms with van der Waals surface area (Å²) >= 11 is 1.34. The number of rotatable bonds is 7. The highest BCUT2D eigenvalue weighted by Crippen LogP contribution is 2.34. The molecule has 9 heteroatoms. The molecule has 0 unspecified atom stereocenters. The van der Waals surface area contributed by atoms with E-state index in [0.717, 1.165) is 50.2 Å². The zero-order valence-corrected chi connectivity index (χ0v) is 18.9. The number of sulfonamides is 1. The molecule has 1 aromatic carbocycles. The van der Waals surface area contributed by atoms with Crippen LogP contribution in [0, 0.1) is 0 Å². The Hall–Kier alpha value is -1.55. The Morgan fingerprint density at radius 3 is 2.60 bits per heavy atom. The lowest BCUT2D eigenvalue weighted by atomic mass is 9.83. The predicted molar refractivity (Wildman–Crippen MR) is 119 cm³/mol. The van der Waals surface area contributed by atoms with Gasteiger partial charge in [-0.05, 0) is 50.0 Å². The number of anilines is 1. The summed E-state index contributed by atoms with van der Waals surface area (Å²) in [6.45, 7) is 1.33. The van der Waals surface area contributed by atoms with Crippen molar-refractivity contribution in [1.29, 1.82) is 0 Å². The van der Waals surface area contributed by atoms with Gasteiger partial charge in [0.1, 0.15) is 6.33 Å². The highest BCUT2D eigenvalue weighted by molar-refractivity contribution is 7.88. The molecular weight excluding hydrogens is 420 g/mol. The normalized spacial score (nSPS) is 27.8. The molecule has 2 fully saturated rings. The molecule has 1 aliphatic heterocycles. The molecule has 2 aromatic rings. The first-order valence-corrected chi connectivity index (χ1v) is 13.3. The van der Waals surface area contributed by atoms with Crippen molar-refractivity contribution in [3.8, 4) is 0 Å². The highest BCUT2D eigenvalue weighted by Gasteiger charge is 2.35. The molecule has 1 N–H and O–H groups in total. The first kappa shape index (κ1) is 21.7. The zero-order valence-electron chi connectivity index (χ0n) is 17.3. The minimum Gasteiger partial charge on any atom is -0.376 e. The third kappa shape index (κ3) is 5.57. The number of ether oxygens (including phenoxy) is 1. The first-order chi connectivity index (χ1) is 14.5. The summed E-state index contributed by atoms with van der Waals surface area (Å²) in [6.07, 6.45) is 9.04. The Morgan fingerprint density at radius 1 is 1.17 bits per heavy atom. The Labute approximate surface area is 183 Å². The van der Waals surface area contributed by atoms with Crippen LogP contribution >= 0.6 is 11.5 Å². The van der Waals surface area contributed by atoms with Crippen LogP contribution in [-0.4, -0.2) is 55.4 Å². The summed E-state index contributed by atoms with van der Waals surface area (Å²) in [6, 6.07) is 10.5. The van der Waals surface area contributed by atoms with Crippen molar-refractivity contribution < 1.29 is 13.2 Å². The summed E-state index contributed by atoms with van der Waals surface area (Å²) in [5, 5.41) is 0.830. The summed E-state index contributed by atoms with van der Waals surface area (Å²) in [7, 11) is -3.29. The van der Waals surface area contributed by atoms with Crippen LogP contribution in [0.1, 0.15) is 50.0 Å². The summed E-state index contributed by atoms with van der Waals surface area (Å²) in [5.74, 6) is 0.610. The van der Waals surface area contributed by atoms with Crippen molar-refractivity contribution in [2.24, 2.45) is 0 Å². The molecule has 1 aromatic heterocycles. The molecule has 1 saturated heterocycles. The molecule has 0 spiro atoms. The van der Waals surface area contributed by atoms with Gasteiger partial charge in [-0.2, -0.15) is 4.37 Å². The second-order valence-electron chi connectivity index (χ2n) is 8.34. The Kier molecular flexibility index (Phi) is 7.02. The van der Waals surface area contributed by atoms with E-state index in [1.165, 1.54) is 23.4 Å². The quantitative estimate of drug-likeness (QED) is 0.698. The molecule has 0 bridgehead atoms. The predicted octanol–water partition coefficient (Wildman–Crippen LogP) is 3.17. The number of hydrogen-bond acceptors (Lipinski definition) is 7. The van der Waals surface area contributed by atoms with Crippen molar-refractivity contribution in [1.82, 2.24) is 14.1 Å². The SMILES string of the molecule is CS(=O)(=O)N[C@H]1CCCN(c2ncns2)[C@H]1CO[C@H]1CC[C@@H](c2ccccc2)CC1. The minimum atomic E-state index is -3.29. The maximum absolute atomic E-state index is 11.9. The molecule has 0 radical (unpaired) electrons. The number of aromatic nitrogens is 2. The molecule has 1 saturated carbocycles. The molecular formula is C21H30N4O3S2. The highest BCUT2D eigenvalue weighted by atomic mass is 32.2. The molecule has 0 amide bonds. The second-order valence-corrected chi connectivity index (χ2v) is 10.9. The van der Waals surface area contributed by atoms with Gasteiger partial charge >= 0.3 is 0 Å². The largest absolute Gasteiger partial charge is 0.376 e. The lowest BCUT2D eigenvalue weighted by Gasteiger charge is -2.41. The van der Waals surface area contributed by atoms with Crippen LogP contribution in [0.5, 0.6) is 0 Å². The van der Waals surface area contributed by atoms with Crippen molar-refractivity contribution >= 4 is 26.7 Å². The van der Waals surface area contributed by atoms with E-state index in [0.29, 0.717) is 12.5 Å². The average molecular weight is 451 g/mol. The van der Waals surface area contributed by atoms with Crippen LogP contribution in [0.3, 0.4) is 0 Å². The van der Waals surface area contributed by atoms with E-state index < -0.39 is 10.0 Å². The molecule has 2 heterocycles. The Bertz CT molecular complexity index is 884. The van der Waals surface area contributed by atoms with Crippen LogP contribution in [-0.2, 0) is 14.8 Å². The molecule has 2 aliphatic rings. The van der Waals surface area contributed by atoms with Crippen molar-refractivity contribution in [3.63, 3.8) is 0 Å². The second kappa shape index (κ2) is 9.72. The smallest absolute Gasteiger partial charge is 0.209 e. The van der Waals surface area contributed by atoms with E-state index in [-0.39, 0.29) is 18.2 Å². The minimum absolute atomic E-state index is 0.0757. The molecule has 164 valence electrons. The van der Waals surface area contributed by atoms with Gasteiger partial charge in [0.25, 0.3) is 0 Å². The van der Waals surface area contributed by atoms with E-state index in [9.17, 15) is 8.42 Å². The van der Waals surface area contributed by atoms with E-state index in [1.54, 1.807) is 6.33 Å². The maximum atomic E-state index is 11.9. The average Bonchev–Trinajstić information content (AvgIpc) is 3.27. The van der Waals surface area contributed by atoms with Gasteiger partial charge in [0.15, 0.2) is 0 Å². The van der Waals surface area contributed by atoms with Crippen molar-refractivity contribution in [2.75, 3.05) is 24.3 Å². The topological polar surface area (TPSA) is 84.4 Å². The standard InChI is InChI=1S/C21H30N4O3S2/c1-30(26,27)24-19-8-5-13-25(21-22-15-23-29-21)20(19)14-28-18-11-9-17(10-12-18)16-6-3-2-4-7-16/h2-4,6-7,15,17-20,24H,5,8-14H2,1H3/t17-,18+,19-,20-/m0/s1. The number of piperidine rings is 1. The van der Waals surface area contributed by atoms with Crippen LogP contribution in [0.4, 0.5) is 5.13 Å². The molecule has 2 atom stereocenters. The van der Waals surface area contributed by atoms with E-state index >= 15 is 0 Å². The fraction of sp³-hybridized carbons (Fsp3) is 0.619. The molecule has 30 heavy (non-hydrogen) atoms. The third-order valence-corrected chi connectivity index (χ3v) is 7.62. The van der Waals surface area contributed by atoms with E-state index in [1.807, 2.05) is 0 Å². The number of nitrogens with zero attached hydrogens (tertiary/aromatic N) is 3. The van der Waals surface area contributed by atoms with Gasteiger partial charge in [-0.15, -0.1) is 0 Å². The van der Waals surface area contributed by atoms with Gasteiger partial charge in [-0.1, -0.05) is 30.3 Å². The van der Waals surface area contributed by atoms with Gasteiger partial charge < -0.3 is 9.64 Å². The van der Waals surface area contributed by atoms with Crippen LogP contribution < -0.4 is 9.62 Å². The van der Waals surface area contributed by atoms with E-state index in [2.05, 4.69) is 49.3 Å². The Balaban J connectivity index is 1.38. The van der Waals surface area contributed by atoms with Gasteiger partial charge in [0.2, 0.25) is 15.2 Å². The van der Waals surface area contributed by atoms with Gasteiger partial charge in [0, 0.05) is 24.1 Å². The zero-order chi connectivity index (χ0) is 21.0. The fourth-order valence-electron chi connectivity index (χ4n) is 4.73. The van der Waals surface area contributed by atoms with Crippen LogP contribution in [0.15, 0.2) is 36.7 Å². The van der Waals surface area contributed by atoms with E-state index in [4.69, 9.17) is 4.74 Å². The van der Waals surface area contributed by atoms with Gasteiger partial charge in [-0.3, -0.25) is 0 Å². The van der Waals surface area contributed by atoms with Crippen molar-refractivity contribution in [2.45, 2.75) is 62.6 Å². The molecule has 7 nitrogen and oxygen atoms in total. The lowest BCUT2D eigenvalue weighted by Crippen LogP contribution is -2.57. The lowest BCUT2D eigenvalue weighted by molar-refractivity contribution is 0.0102. The fourth-order valence-corrected chi connectivity index (χ4v) is 6.17. The van der Waals surface area contributed by atoms with Crippen LogP contribution in [0.25, 0.3) is 0 Å². The number of hydrogen-bond donors (Lipinski definition) is 1. The molecule has 4 rings (SSSR count). The summed E-state index contributed by atoms with van der Waals surface area (Å²) < 4.78 is 37.1. The monoisotopic (exact) mass is 450 g/mol. The van der Waals surface area contributed by atoms with Gasteiger partial charge in [-0.25, -0.2) is 18.1 Å². The molecule has 1 aliphatic carbocycles.